The monoisotopic (exact) mass is 412 g/mol. The summed E-state index contributed by atoms with van der Waals surface area (Å²) in [7, 11) is 0. The normalized spacial score (nSPS) is 10.9. The minimum Gasteiger partial charge on any atom is -0.347 e. The van der Waals surface area contributed by atoms with E-state index in [1.807, 2.05) is 30.3 Å². The van der Waals surface area contributed by atoms with Crippen LogP contribution in [0.4, 0.5) is 18.3 Å². The van der Waals surface area contributed by atoms with Gasteiger partial charge in [-0.2, -0.15) is 13.2 Å². The third-order valence-corrected chi connectivity index (χ3v) is 4.46. The first-order valence-electron chi connectivity index (χ1n) is 8.29. The molecule has 2 rings (SSSR count). The summed E-state index contributed by atoms with van der Waals surface area (Å²) in [5, 5.41) is 15.8. The van der Waals surface area contributed by atoms with Crippen molar-refractivity contribution in [3.63, 3.8) is 0 Å². The molecule has 6 nitrogen and oxygen atoms in total. The molecule has 2 aromatic rings. The zero-order chi connectivity index (χ0) is 20.6. The largest absolute Gasteiger partial charge is 0.405 e. The molecule has 150 valence electrons. The van der Waals surface area contributed by atoms with Crippen molar-refractivity contribution in [2.24, 2.45) is 0 Å². The Labute approximate surface area is 164 Å². The molecule has 1 aromatic carbocycles. The second kappa shape index (κ2) is 10.1. The SMILES string of the molecule is Cc1nc(N(O)CNCCC(=O)NCC(F)(F)F)sc1C#Cc1ccccc1. The Hall–Kier alpha value is -2.61. The van der Waals surface area contributed by atoms with Crippen molar-refractivity contribution in [1.82, 2.24) is 15.6 Å². The Balaban J connectivity index is 1.80. The van der Waals surface area contributed by atoms with Crippen molar-refractivity contribution in [3.8, 4) is 11.8 Å². The lowest BCUT2D eigenvalue weighted by atomic mass is 10.2. The number of aromatic nitrogens is 1. The summed E-state index contributed by atoms with van der Waals surface area (Å²) in [6.45, 7) is 0.487. The second-order valence-electron chi connectivity index (χ2n) is 5.73. The zero-order valence-corrected chi connectivity index (χ0v) is 15.8. The first-order chi connectivity index (χ1) is 13.2. The maximum Gasteiger partial charge on any atom is 0.405 e. The van der Waals surface area contributed by atoms with E-state index in [9.17, 15) is 23.2 Å². The molecule has 1 heterocycles. The van der Waals surface area contributed by atoms with Gasteiger partial charge in [-0.05, 0) is 25.0 Å². The predicted molar refractivity (Wildman–Crippen MR) is 100 cm³/mol. The smallest absolute Gasteiger partial charge is 0.347 e. The fourth-order valence-electron chi connectivity index (χ4n) is 2.00. The van der Waals surface area contributed by atoms with Crippen molar-refractivity contribution in [2.45, 2.75) is 19.5 Å². The number of carbonyl (C=O) groups excluding carboxylic acids is 1. The number of hydrogen-bond donors (Lipinski definition) is 3. The Morgan fingerprint density at radius 2 is 2.00 bits per heavy atom. The average molecular weight is 412 g/mol. The molecule has 0 aliphatic heterocycles. The predicted octanol–water partition coefficient (Wildman–Crippen LogP) is 2.66. The van der Waals surface area contributed by atoms with Gasteiger partial charge < -0.3 is 5.32 Å². The molecule has 0 unspecified atom stereocenters. The van der Waals surface area contributed by atoms with Crippen LogP contribution in [0.15, 0.2) is 30.3 Å². The lowest BCUT2D eigenvalue weighted by Gasteiger charge is -2.14. The van der Waals surface area contributed by atoms with Crippen LogP contribution in [-0.4, -0.2) is 42.0 Å². The molecule has 0 bridgehead atoms. The lowest BCUT2D eigenvalue weighted by molar-refractivity contribution is -0.138. The summed E-state index contributed by atoms with van der Waals surface area (Å²) < 4.78 is 36.0. The zero-order valence-electron chi connectivity index (χ0n) is 15.0. The van der Waals surface area contributed by atoms with Crippen molar-refractivity contribution in [2.75, 3.05) is 24.8 Å². The minimum atomic E-state index is -4.44. The number of alkyl halides is 3. The van der Waals surface area contributed by atoms with E-state index in [2.05, 4.69) is 22.1 Å². The van der Waals surface area contributed by atoms with Gasteiger partial charge in [0.15, 0.2) is 0 Å². The Morgan fingerprint density at radius 1 is 1.29 bits per heavy atom. The van der Waals surface area contributed by atoms with Crippen LogP contribution in [0.5, 0.6) is 0 Å². The third-order valence-electron chi connectivity index (χ3n) is 3.38. The molecule has 0 aliphatic rings. The number of halogens is 3. The van der Waals surface area contributed by atoms with E-state index in [0.717, 1.165) is 10.6 Å². The van der Waals surface area contributed by atoms with Gasteiger partial charge in [0.1, 0.15) is 11.4 Å². The highest BCUT2D eigenvalue weighted by Crippen LogP contribution is 2.24. The maximum atomic E-state index is 12.0. The molecule has 0 saturated carbocycles. The van der Waals surface area contributed by atoms with Gasteiger partial charge in [-0.3, -0.25) is 15.3 Å². The van der Waals surface area contributed by atoms with Gasteiger partial charge in [0, 0.05) is 18.5 Å². The molecule has 0 fully saturated rings. The van der Waals surface area contributed by atoms with Crippen LogP contribution in [0.3, 0.4) is 0 Å². The van der Waals surface area contributed by atoms with Crippen molar-refractivity contribution < 1.29 is 23.2 Å². The van der Waals surface area contributed by atoms with Gasteiger partial charge in [-0.25, -0.2) is 10.0 Å². The van der Waals surface area contributed by atoms with Gasteiger partial charge in [-0.15, -0.1) is 0 Å². The van der Waals surface area contributed by atoms with Gasteiger partial charge in [-0.1, -0.05) is 35.5 Å². The number of nitrogens with one attached hydrogen (secondary N) is 2. The standard InChI is InChI=1S/C18H19F3N4O2S/c1-13-15(8-7-14-5-3-2-4-6-14)28-17(24-13)25(27)12-22-10-9-16(26)23-11-18(19,20)21/h2-6,22,27H,9-12H2,1H3,(H,23,26). The number of amides is 1. The Bertz CT molecular complexity index is 844. The topological polar surface area (TPSA) is 77.5 Å². The van der Waals surface area contributed by atoms with Gasteiger partial charge in [0.25, 0.3) is 0 Å². The van der Waals surface area contributed by atoms with E-state index in [4.69, 9.17) is 0 Å². The molecule has 0 saturated heterocycles. The van der Waals surface area contributed by atoms with E-state index in [1.165, 1.54) is 11.3 Å². The number of carbonyl (C=O) groups is 1. The van der Waals surface area contributed by atoms with Crippen LogP contribution in [0.25, 0.3) is 0 Å². The molecule has 28 heavy (non-hydrogen) atoms. The van der Waals surface area contributed by atoms with E-state index in [1.54, 1.807) is 12.2 Å². The minimum absolute atomic E-state index is 0.0366. The van der Waals surface area contributed by atoms with Gasteiger partial charge in [0.05, 0.1) is 12.4 Å². The van der Waals surface area contributed by atoms with E-state index in [-0.39, 0.29) is 19.6 Å². The van der Waals surface area contributed by atoms with Crippen molar-refractivity contribution in [1.29, 1.82) is 0 Å². The summed E-state index contributed by atoms with van der Waals surface area (Å²) >= 11 is 1.21. The summed E-state index contributed by atoms with van der Waals surface area (Å²) in [6, 6.07) is 9.45. The first kappa shape index (κ1) is 21.7. The molecule has 0 spiro atoms. The Kier molecular flexibility index (Phi) is 7.80. The second-order valence-corrected chi connectivity index (χ2v) is 6.70. The number of hydrogen-bond acceptors (Lipinski definition) is 6. The highest BCUT2D eigenvalue weighted by Gasteiger charge is 2.27. The molecule has 1 aromatic heterocycles. The molecular weight excluding hydrogens is 393 g/mol. The number of anilines is 1. The molecule has 0 radical (unpaired) electrons. The maximum absolute atomic E-state index is 12.0. The van der Waals surface area contributed by atoms with E-state index in [0.29, 0.717) is 15.7 Å². The lowest BCUT2D eigenvalue weighted by Crippen LogP contribution is -2.37. The Morgan fingerprint density at radius 3 is 2.68 bits per heavy atom. The highest BCUT2D eigenvalue weighted by molar-refractivity contribution is 7.16. The van der Waals surface area contributed by atoms with Gasteiger partial charge >= 0.3 is 6.18 Å². The average Bonchev–Trinajstić information content (AvgIpc) is 3.03. The summed E-state index contributed by atoms with van der Waals surface area (Å²) in [5.74, 6) is 5.31. The molecule has 10 heteroatoms. The number of benzene rings is 1. The van der Waals surface area contributed by atoms with Crippen molar-refractivity contribution >= 4 is 22.4 Å². The quantitative estimate of drug-likeness (QED) is 0.282. The van der Waals surface area contributed by atoms with Crippen molar-refractivity contribution in [3.05, 3.63) is 46.5 Å². The third kappa shape index (κ3) is 7.56. The van der Waals surface area contributed by atoms with E-state index >= 15 is 0 Å². The van der Waals surface area contributed by atoms with E-state index < -0.39 is 18.6 Å². The summed E-state index contributed by atoms with van der Waals surface area (Å²) in [4.78, 5) is 16.2. The fourth-order valence-corrected chi connectivity index (χ4v) is 2.83. The number of nitrogens with zero attached hydrogens (tertiary/aromatic N) is 2. The number of aryl methyl sites for hydroxylation is 1. The summed E-state index contributed by atoms with van der Waals surface area (Å²) in [6.07, 6.45) is -4.58. The molecule has 3 N–H and O–H groups in total. The molecule has 0 atom stereocenters. The number of thiazole rings is 1. The van der Waals surface area contributed by atoms with Crippen LogP contribution < -0.4 is 15.7 Å². The first-order valence-corrected chi connectivity index (χ1v) is 9.11. The van der Waals surface area contributed by atoms with Crippen LogP contribution in [0, 0.1) is 18.8 Å². The van der Waals surface area contributed by atoms with Crippen LogP contribution in [0.1, 0.15) is 22.6 Å². The number of rotatable bonds is 7. The molecular formula is C18H19F3N4O2S. The summed E-state index contributed by atoms with van der Waals surface area (Å²) in [5.41, 5.74) is 1.54. The van der Waals surface area contributed by atoms with Crippen LogP contribution in [0.2, 0.25) is 0 Å². The number of hydroxylamine groups is 1. The van der Waals surface area contributed by atoms with Crippen LogP contribution in [-0.2, 0) is 4.79 Å². The molecule has 1 amide bonds. The molecule has 0 aliphatic carbocycles. The highest BCUT2D eigenvalue weighted by atomic mass is 32.1. The fraction of sp³-hybridized carbons (Fsp3) is 0.333. The van der Waals surface area contributed by atoms with Crippen LogP contribution >= 0.6 is 11.3 Å². The van der Waals surface area contributed by atoms with Gasteiger partial charge in [0.2, 0.25) is 11.0 Å².